The molecule has 0 unspecified atom stereocenters. The summed E-state index contributed by atoms with van der Waals surface area (Å²) in [5.74, 6) is 0.0667. The second-order valence-corrected chi connectivity index (χ2v) is 7.77. The molecule has 2 aliphatic carbocycles. The first kappa shape index (κ1) is 14.7. The Morgan fingerprint density at radius 2 is 2.10 bits per heavy atom. The first-order valence-corrected chi connectivity index (χ1v) is 8.09. The van der Waals surface area contributed by atoms with Crippen LogP contribution in [0, 0.1) is 16.2 Å². The van der Waals surface area contributed by atoms with Crippen molar-refractivity contribution in [2.24, 2.45) is 16.2 Å². The Labute approximate surface area is 132 Å². The van der Waals surface area contributed by atoms with Gasteiger partial charge in [0, 0.05) is 11.6 Å². The number of ketones is 1. The topological polar surface area (TPSA) is 59.1 Å². The Hall–Kier alpha value is -1.23. The lowest BCUT2D eigenvalue weighted by Crippen LogP contribution is -2.48. The number of fused-ring (bicyclic) bond motifs is 2. The molecular formula is C16H19BrN2O2. The van der Waals surface area contributed by atoms with Crippen LogP contribution in [-0.4, -0.2) is 21.5 Å². The predicted molar refractivity (Wildman–Crippen MR) is 84.1 cm³/mol. The molecule has 2 fully saturated rings. The summed E-state index contributed by atoms with van der Waals surface area (Å²) >= 11 is 3.52. The SMILES string of the molecule is CC1(C)[C@]2(C)CC[C@@]1(C(=O)Nc1cccnc1)[C@H](Br)C2=O. The second kappa shape index (κ2) is 4.38. The van der Waals surface area contributed by atoms with Crippen molar-refractivity contribution in [1.82, 2.24) is 4.98 Å². The summed E-state index contributed by atoms with van der Waals surface area (Å²) in [5.41, 5.74) is -0.847. The summed E-state index contributed by atoms with van der Waals surface area (Å²) in [7, 11) is 0. The van der Waals surface area contributed by atoms with Crippen molar-refractivity contribution < 1.29 is 9.59 Å². The van der Waals surface area contributed by atoms with Crippen LogP contribution in [-0.2, 0) is 9.59 Å². The molecule has 0 spiro atoms. The summed E-state index contributed by atoms with van der Waals surface area (Å²) in [6, 6.07) is 3.59. The molecule has 2 aliphatic rings. The highest BCUT2D eigenvalue weighted by Gasteiger charge is 2.76. The maximum atomic E-state index is 13.0. The largest absolute Gasteiger partial charge is 0.324 e. The van der Waals surface area contributed by atoms with Gasteiger partial charge in [0.1, 0.15) is 0 Å². The van der Waals surface area contributed by atoms with Gasteiger partial charge in [0.05, 0.1) is 22.1 Å². The van der Waals surface area contributed by atoms with Crippen LogP contribution in [0.1, 0.15) is 33.6 Å². The fourth-order valence-corrected chi connectivity index (χ4v) is 5.65. The van der Waals surface area contributed by atoms with Gasteiger partial charge < -0.3 is 5.32 Å². The number of anilines is 1. The molecule has 112 valence electrons. The maximum Gasteiger partial charge on any atom is 0.232 e. The van der Waals surface area contributed by atoms with Gasteiger partial charge >= 0.3 is 0 Å². The van der Waals surface area contributed by atoms with E-state index in [4.69, 9.17) is 0 Å². The van der Waals surface area contributed by atoms with Crippen LogP contribution in [0.15, 0.2) is 24.5 Å². The van der Waals surface area contributed by atoms with Gasteiger partial charge in [-0.3, -0.25) is 14.6 Å². The van der Waals surface area contributed by atoms with Crippen LogP contribution in [0.3, 0.4) is 0 Å². The number of aromatic nitrogens is 1. The van der Waals surface area contributed by atoms with Gasteiger partial charge in [0.15, 0.2) is 5.78 Å². The van der Waals surface area contributed by atoms with E-state index in [1.165, 1.54) is 0 Å². The van der Waals surface area contributed by atoms with Gasteiger partial charge in [0.25, 0.3) is 0 Å². The Bertz CT molecular complexity index is 616. The molecule has 1 heterocycles. The van der Waals surface area contributed by atoms with E-state index in [1.807, 2.05) is 26.8 Å². The van der Waals surface area contributed by atoms with E-state index in [2.05, 4.69) is 26.2 Å². The number of amides is 1. The van der Waals surface area contributed by atoms with Crippen LogP contribution >= 0.6 is 15.9 Å². The average molecular weight is 351 g/mol. The number of halogens is 1. The number of rotatable bonds is 2. The van der Waals surface area contributed by atoms with Crippen LogP contribution < -0.4 is 5.32 Å². The third kappa shape index (κ3) is 1.58. The minimum atomic E-state index is -0.700. The highest BCUT2D eigenvalue weighted by Crippen LogP contribution is 2.72. The van der Waals surface area contributed by atoms with Gasteiger partial charge in [-0.2, -0.15) is 0 Å². The van der Waals surface area contributed by atoms with Crippen molar-refractivity contribution >= 4 is 33.3 Å². The summed E-state index contributed by atoms with van der Waals surface area (Å²) in [6.07, 6.45) is 4.78. The Morgan fingerprint density at radius 3 is 2.62 bits per heavy atom. The zero-order valence-electron chi connectivity index (χ0n) is 12.4. The molecule has 0 aliphatic heterocycles. The highest BCUT2D eigenvalue weighted by molar-refractivity contribution is 9.10. The number of alkyl halides is 1. The van der Waals surface area contributed by atoms with Crippen LogP contribution in [0.25, 0.3) is 0 Å². The second-order valence-electron chi connectivity index (χ2n) is 6.85. The Balaban J connectivity index is 2.00. The van der Waals surface area contributed by atoms with E-state index in [-0.39, 0.29) is 17.1 Å². The molecule has 5 heteroatoms. The predicted octanol–water partition coefficient (Wildman–Crippen LogP) is 3.18. The lowest BCUT2D eigenvalue weighted by Gasteiger charge is -2.39. The number of pyridine rings is 1. The summed E-state index contributed by atoms with van der Waals surface area (Å²) < 4.78 is 0. The van der Waals surface area contributed by atoms with E-state index in [1.54, 1.807) is 18.5 Å². The zero-order chi connectivity index (χ0) is 15.5. The molecule has 4 nitrogen and oxygen atoms in total. The number of carbonyl (C=O) groups is 2. The summed E-state index contributed by atoms with van der Waals surface area (Å²) in [5, 5.41) is 2.94. The minimum absolute atomic E-state index is 0.0862. The van der Waals surface area contributed by atoms with Crippen molar-refractivity contribution in [3.63, 3.8) is 0 Å². The molecule has 1 aromatic heterocycles. The maximum absolute atomic E-state index is 13.0. The Kier molecular flexibility index (Phi) is 3.07. The fourth-order valence-electron chi connectivity index (χ4n) is 4.13. The molecule has 1 amide bonds. The third-order valence-corrected chi connectivity index (χ3v) is 7.24. The van der Waals surface area contributed by atoms with E-state index < -0.39 is 15.7 Å². The number of Topliss-reactive ketones (excluding diaryl/α,β-unsaturated/α-hetero) is 1. The van der Waals surface area contributed by atoms with Gasteiger partial charge in [-0.25, -0.2) is 0 Å². The fraction of sp³-hybridized carbons (Fsp3) is 0.562. The zero-order valence-corrected chi connectivity index (χ0v) is 14.0. The standard InChI is InChI=1S/C16H19BrN2O2/c1-14(2)15(3)6-7-16(14,11(17)12(15)20)13(21)19-10-5-4-8-18-9-10/h4-5,8-9,11H,6-7H2,1-3H3,(H,19,21)/t11-,15-,16+/m1/s1. The number of nitrogens with one attached hydrogen (secondary N) is 1. The molecule has 21 heavy (non-hydrogen) atoms. The van der Waals surface area contributed by atoms with Gasteiger partial charge in [-0.15, -0.1) is 0 Å². The van der Waals surface area contributed by atoms with Crippen molar-refractivity contribution in [2.75, 3.05) is 5.32 Å². The molecule has 0 saturated heterocycles. The monoisotopic (exact) mass is 350 g/mol. The van der Waals surface area contributed by atoms with E-state index in [0.717, 1.165) is 12.8 Å². The van der Waals surface area contributed by atoms with Crippen LogP contribution in [0.2, 0.25) is 0 Å². The molecule has 2 saturated carbocycles. The quantitative estimate of drug-likeness (QED) is 0.833. The van der Waals surface area contributed by atoms with E-state index in [9.17, 15) is 9.59 Å². The molecule has 3 atom stereocenters. The Morgan fingerprint density at radius 1 is 1.38 bits per heavy atom. The molecule has 0 aromatic carbocycles. The van der Waals surface area contributed by atoms with E-state index >= 15 is 0 Å². The molecule has 1 N–H and O–H groups in total. The number of hydrogen-bond acceptors (Lipinski definition) is 3. The normalized spacial score (nSPS) is 36.8. The summed E-state index contributed by atoms with van der Waals surface area (Å²) in [4.78, 5) is 29.2. The lowest BCUT2D eigenvalue weighted by atomic mass is 9.64. The van der Waals surface area contributed by atoms with E-state index in [0.29, 0.717) is 5.69 Å². The smallest absolute Gasteiger partial charge is 0.232 e. The first-order valence-electron chi connectivity index (χ1n) is 7.17. The lowest BCUT2D eigenvalue weighted by molar-refractivity contribution is -0.130. The number of hydrogen-bond donors (Lipinski definition) is 1. The minimum Gasteiger partial charge on any atom is -0.324 e. The number of carbonyl (C=O) groups excluding carboxylic acids is 2. The van der Waals surface area contributed by atoms with Gasteiger partial charge in [-0.1, -0.05) is 36.7 Å². The molecule has 3 rings (SSSR count). The van der Waals surface area contributed by atoms with Crippen molar-refractivity contribution in [3.8, 4) is 0 Å². The van der Waals surface area contributed by atoms with Crippen molar-refractivity contribution in [1.29, 1.82) is 0 Å². The molecule has 0 radical (unpaired) electrons. The molecule has 1 aromatic rings. The van der Waals surface area contributed by atoms with Crippen LogP contribution in [0.5, 0.6) is 0 Å². The van der Waals surface area contributed by atoms with Crippen molar-refractivity contribution in [3.05, 3.63) is 24.5 Å². The van der Waals surface area contributed by atoms with Gasteiger partial charge in [-0.05, 0) is 30.4 Å². The first-order chi connectivity index (χ1) is 9.77. The van der Waals surface area contributed by atoms with Crippen LogP contribution in [0.4, 0.5) is 5.69 Å². The average Bonchev–Trinajstić information content (AvgIpc) is 2.72. The molecular weight excluding hydrogens is 332 g/mol. The highest BCUT2D eigenvalue weighted by atomic mass is 79.9. The third-order valence-electron chi connectivity index (χ3n) is 6.05. The van der Waals surface area contributed by atoms with Gasteiger partial charge in [0.2, 0.25) is 5.91 Å². The summed E-state index contributed by atoms with van der Waals surface area (Å²) in [6.45, 7) is 6.08. The number of nitrogens with zero attached hydrogens (tertiary/aromatic N) is 1. The molecule has 2 bridgehead atoms. The van der Waals surface area contributed by atoms with Crippen molar-refractivity contribution in [2.45, 2.75) is 38.4 Å².